The maximum Gasteiger partial charge on any atom is 0.195 e. The lowest BCUT2D eigenvalue weighted by Crippen LogP contribution is -2.09. The molecule has 1 aromatic carbocycles. The molecule has 1 saturated heterocycles. The van der Waals surface area contributed by atoms with Gasteiger partial charge in [0, 0.05) is 29.3 Å². The molecule has 0 saturated carbocycles. The second-order valence-electron chi connectivity index (χ2n) is 5.77. The third kappa shape index (κ3) is 3.55. The van der Waals surface area contributed by atoms with Crippen LogP contribution in [0.5, 0.6) is 0 Å². The van der Waals surface area contributed by atoms with Gasteiger partial charge in [-0.1, -0.05) is 36.0 Å². The molecule has 0 amide bonds. The monoisotopic (exact) mass is 357 g/mol. The van der Waals surface area contributed by atoms with E-state index in [0.717, 1.165) is 41.9 Å². The first-order valence-electron chi connectivity index (χ1n) is 8.16. The van der Waals surface area contributed by atoms with Gasteiger partial charge in [-0.25, -0.2) is 0 Å². The zero-order chi connectivity index (χ0) is 16.2. The summed E-state index contributed by atoms with van der Waals surface area (Å²) in [6, 6.07) is 14.6. The van der Waals surface area contributed by atoms with Gasteiger partial charge >= 0.3 is 0 Å². The molecule has 3 heterocycles. The molecule has 0 radical (unpaired) electrons. The molecule has 1 aliphatic heterocycles. The van der Waals surface area contributed by atoms with Gasteiger partial charge in [-0.2, -0.15) is 0 Å². The van der Waals surface area contributed by atoms with Crippen molar-refractivity contribution in [1.29, 1.82) is 0 Å². The maximum absolute atomic E-state index is 5.74. The van der Waals surface area contributed by atoms with Crippen LogP contribution in [0.2, 0.25) is 0 Å². The molecule has 1 aliphatic rings. The van der Waals surface area contributed by atoms with Gasteiger partial charge in [0.1, 0.15) is 5.82 Å². The minimum atomic E-state index is 0.344. The third-order valence-electron chi connectivity index (χ3n) is 4.05. The first kappa shape index (κ1) is 15.9. The Morgan fingerprint density at radius 2 is 2.08 bits per heavy atom. The summed E-state index contributed by atoms with van der Waals surface area (Å²) in [6.45, 7) is 0.889. The number of para-hydroxylation sites is 1. The maximum atomic E-state index is 5.74. The second kappa shape index (κ2) is 7.51. The van der Waals surface area contributed by atoms with E-state index < -0.39 is 0 Å². The minimum absolute atomic E-state index is 0.344. The molecule has 0 spiro atoms. The quantitative estimate of drug-likeness (QED) is 0.620. The normalized spacial score (nSPS) is 17.4. The van der Waals surface area contributed by atoms with E-state index in [2.05, 4.69) is 56.5 Å². The number of thioether (sulfide) groups is 1. The lowest BCUT2D eigenvalue weighted by molar-refractivity contribution is 0.129. The number of ether oxygens (including phenoxy) is 1. The van der Waals surface area contributed by atoms with Gasteiger partial charge in [0.05, 0.1) is 6.10 Å². The molecule has 0 aliphatic carbocycles. The zero-order valence-electron chi connectivity index (χ0n) is 13.3. The van der Waals surface area contributed by atoms with Crippen LogP contribution < -0.4 is 0 Å². The van der Waals surface area contributed by atoms with Crippen LogP contribution in [0.1, 0.15) is 23.5 Å². The summed E-state index contributed by atoms with van der Waals surface area (Å²) in [6.07, 6.45) is 3.46. The van der Waals surface area contributed by atoms with E-state index in [1.807, 2.05) is 6.07 Å². The van der Waals surface area contributed by atoms with Crippen LogP contribution in [0.4, 0.5) is 0 Å². The van der Waals surface area contributed by atoms with Gasteiger partial charge in [0.15, 0.2) is 5.16 Å². The van der Waals surface area contributed by atoms with Crippen LogP contribution in [0.3, 0.4) is 0 Å². The van der Waals surface area contributed by atoms with E-state index in [4.69, 9.17) is 4.74 Å². The first-order chi connectivity index (χ1) is 11.9. The van der Waals surface area contributed by atoms with Crippen LogP contribution in [0.25, 0.3) is 5.69 Å². The molecular formula is C18H19N3OS2. The molecule has 3 aromatic rings. The van der Waals surface area contributed by atoms with Crippen molar-refractivity contribution >= 4 is 23.1 Å². The summed E-state index contributed by atoms with van der Waals surface area (Å²) < 4.78 is 7.92. The highest BCUT2D eigenvalue weighted by molar-refractivity contribution is 7.99. The van der Waals surface area contributed by atoms with Crippen molar-refractivity contribution in [3.8, 4) is 5.69 Å². The average Bonchev–Trinajstić information content (AvgIpc) is 3.37. The van der Waals surface area contributed by atoms with E-state index in [9.17, 15) is 0 Å². The Kier molecular flexibility index (Phi) is 4.96. The molecule has 1 unspecified atom stereocenters. The highest BCUT2D eigenvalue weighted by atomic mass is 32.2. The SMILES string of the molecule is c1ccc(-n2c(Cc3cccs3)nnc2SCC2CCCO2)cc1. The predicted molar refractivity (Wildman–Crippen MR) is 98.2 cm³/mol. The Bertz CT molecular complexity index is 765. The predicted octanol–water partition coefficient (Wildman–Crippen LogP) is 4.19. The number of nitrogens with zero attached hydrogens (tertiary/aromatic N) is 3. The van der Waals surface area contributed by atoms with Crippen LogP contribution in [0, 0.1) is 0 Å². The van der Waals surface area contributed by atoms with Gasteiger partial charge in [0.2, 0.25) is 0 Å². The van der Waals surface area contributed by atoms with E-state index in [1.165, 1.54) is 11.3 Å². The topological polar surface area (TPSA) is 39.9 Å². The Labute approximate surface area is 149 Å². The lowest BCUT2D eigenvalue weighted by atomic mass is 10.3. The Balaban J connectivity index is 1.61. The minimum Gasteiger partial charge on any atom is -0.377 e. The van der Waals surface area contributed by atoms with E-state index in [-0.39, 0.29) is 0 Å². The molecule has 0 bridgehead atoms. The summed E-state index contributed by atoms with van der Waals surface area (Å²) in [5, 5.41) is 12.0. The molecular weight excluding hydrogens is 338 g/mol. The number of rotatable bonds is 6. The molecule has 1 fully saturated rings. The Morgan fingerprint density at radius 3 is 2.83 bits per heavy atom. The largest absolute Gasteiger partial charge is 0.377 e. The summed E-state index contributed by atoms with van der Waals surface area (Å²) in [4.78, 5) is 1.30. The standard InChI is InChI=1S/C18H19N3OS2/c1-2-6-14(7-3-1)21-17(12-16-9-5-11-23-16)19-20-18(21)24-13-15-8-4-10-22-15/h1-3,5-7,9,11,15H,4,8,10,12-13H2. The van der Waals surface area contributed by atoms with Crippen molar-refractivity contribution in [1.82, 2.24) is 14.8 Å². The smallest absolute Gasteiger partial charge is 0.195 e. The number of thiophene rings is 1. The fourth-order valence-electron chi connectivity index (χ4n) is 2.86. The Morgan fingerprint density at radius 1 is 1.17 bits per heavy atom. The fraction of sp³-hybridized carbons (Fsp3) is 0.333. The van der Waals surface area contributed by atoms with Gasteiger partial charge < -0.3 is 4.74 Å². The number of aromatic nitrogens is 3. The van der Waals surface area contributed by atoms with Crippen LogP contribution in [-0.4, -0.2) is 33.2 Å². The summed E-state index contributed by atoms with van der Waals surface area (Å²) in [5.74, 6) is 1.92. The average molecular weight is 358 g/mol. The molecule has 1 atom stereocenters. The zero-order valence-corrected chi connectivity index (χ0v) is 14.9. The number of hydrogen-bond acceptors (Lipinski definition) is 5. The van der Waals surface area contributed by atoms with Crippen LogP contribution in [-0.2, 0) is 11.2 Å². The highest BCUT2D eigenvalue weighted by Gasteiger charge is 2.20. The summed E-state index contributed by atoms with van der Waals surface area (Å²) >= 11 is 3.50. The van der Waals surface area contributed by atoms with Gasteiger partial charge in [-0.15, -0.1) is 21.5 Å². The molecule has 2 aromatic heterocycles. The molecule has 24 heavy (non-hydrogen) atoms. The van der Waals surface area contributed by atoms with E-state index in [0.29, 0.717) is 6.10 Å². The molecule has 4 rings (SSSR count). The summed E-state index contributed by atoms with van der Waals surface area (Å²) in [5.41, 5.74) is 1.11. The molecule has 0 N–H and O–H groups in total. The fourth-order valence-corrected chi connectivity index (χ4v) is 4.59. The van der Waals surface area contributed by atoms with Crippen molar-refractivity contribution in [2.45, 2.75) is 30.5 Å². The lowest BCUT2D eigenvalue weighted by Gasteiger charge is -2.11. The second-order valence-corrected chi connectivity index (χ2v) is 7.79. The molecule has 124 valence electrons. The van der Waals surface area contributed by atoms with Crippen molar-refractivity contribution in [2.24, 2.45) is 0 Å². The Hall–Kier alpha value is -1.63. The highest BCUT2D eigenvalue weighted by Crippen LogP contribution is 2.27. The van der Waals surface area contributed by atoms with Crippen molar-refractivity contribution < 1.29 is 4.74 Å². The van der Waals surface area contributed by atoms with Crippen LogP contribution in [0.15, 0.2) is 53.0 Å². The van der Waals surface area contributed by atoms with Crippen LogP contribution >= 0.6 is 23.1 Å². The van der Waals surface area contributed by atoms with Gasteiger partial charge in [-0.3, -0.25) is 4.57 Å². The molecule has 6 heteroatoms. The molecule has 4 nitrogen and oxygen atoms in total. The first-order valence-corrected chi connectivity index (χ1v) is 10.0. The van der Waals surface area contributed by atoms with Crippen molar-refractivity contribution in [3.63, 3.8) is 0 Å². The van der Waals surface area contributed by atoms with Crippen molar-refractivity contribution in [2.75, 3.05) is 12.4 Å². The number of benzene rings is 1. The van der Waals surface area contributed by atoms with Gasteiger partial charge in [0.25, 0.3) is 0 Å². The number of hydrogen-bond donors (Lipinski definition) is 0. The summed E-state index contributed by atoms with van der Waals surface area (Å²) in [7, 11) is 0. The van der Waals surface area contributed by atoms with Gasteiger partial charge in [-0.05, 0) is 36.4 Å². The third-order valence-corrected chi connectivity index (χ3v) is 5.99. The van der Waals surface area contributed by atoms with Crippen molar-refractivity contribution in [3.05, 3.63) is 58.5 Å². The van der Waals surface area contributed by atoms with E-state index >= 15 is 0 Å². The van der Waals surface area contributed by atoms with E-state index in [1.54, 1.807) is 23.1 Å².